The second kappa shape index (κ2) is 5.16. The van der Waals surface area contributed by atoms with Crippen molar-refractivity contribution in [3.8, 4) is 11.5 Å². The first kappa shape index (κ1) is 15.3. The van der Waals surface area contributed by atoms with Gasteiger partial charge in [-0.3, -0.25) is 9.69 Å². The Kier molecular flexibility index (Phi) is 3.04. The van der Waals surface area contributed by atoms with Crippen LogP contribution in [-0.4, -0.2) is 54.2 Å². The highest BCUT2D eigenvalue weighted by Gasteiger charge is 2.58. The molecule has 7 rings (SSSR count). The number of likely N-dealkylation sites (tertiary alicyclic amines) is 1. The number of ether oxygens (including phenoxy) is 2. The topological polar surface area (TPSA) is 42.0 Å². The zero-order chi connectivity index (χ0) is 17.5. The average molecular weight is 354 g/mol. The Balaban J connectivity index is 1.39. The van der Waals surface area contributed by atoms with E-state index in [0.29, 0.717) is 36.6 Å². The summed E-state index contributed by atoms with van der Waals surface area (Å²) in [6, 6.07) is 7.24. The molecule has 1 aromatic carbocycles. The van der Waals surface area contributed by atoms with Crippen molar-refractivity contribution in [2.75, 3.05) is 26.4 Å². The summed E-state index contributed by atoms with van der Waals surface area (Å²) in [7, 11) is 0. The fourth-order valence-electron chi connectivity index (χ4n) is 5.84. The van der Waals surface area contributed by atoms with E-state index in [-0.39, 0.29) is 5.41 Å². The number of fused-ring (bicyclic) bond motifs is 3. The molecule has 0 spiro atoms. The highest BCUT2D eigenvalue weighted by Crippen LogP contribution is 2.52. The monoisotopic (exact) mass is 354 g/mol. The summed E-state index contributed by atoms with van der Waals surface area (Å²) < 4.78 is 11.1. The molecule has 26 heavy (non-hydrogen) atoms. The fraction of sp³-hybridized carbons (Fsp3) is 0.667. The minimum atomic E-state index is -0.0830. The van der Waals surface area contributed by atoms with Crippen LogP contribution in [0.1, 0.15) is 44.1 Å². The summed E-state index contributed by atoms with van der Waals surface area (Å²) in [5, 5.41) is 0. The summed E-state index contributed by atoms with van der Waals surface area (Å²) >= 11 is 0. The Labute approximate surface area is 154 Å². The maximum absolute atomic E-state index is 13.3. The van der Waals surface area contributed by atoms with Crippen molar-refractivity contribution in [2.45, 2.75) is 50.6 Å². The predicted molar refractivity (Wildman–Crippen MR) is 96.2 cm³/mol. The van der Waals surface area contributed by atoms with Crippen LogP contribution >= 0.6 is 0 Å². The number of hydrogen-bond acceptors (Lipinski definition) is 4. The molecule has 1 amide bonds. The van der Waals surface area contributed by atoms with E-state index in [0.717, 1.165) is 30.9 Å². The molecule has 2 bridgehead atoms. The van der Waals surface area contributed by atoms with Gasteiger partial charge in [-0.1, -0.05) is 13.0 Å². The first-order valence-electron chi connectivity index (χ1n) is 10.1. The van der Waals surface area contributed by atoms with Crippen molar-refractivity contribution in [1.29, 1.82) is 0 Å². The average Bonchev–Trinajstić information content (AvgIpc) is 3.11. The van der Waals surface area contributed by atoms with Crippen molar-refractivity contribution in [1.82, 2.24) is 9.80 Å². The van der Waals surface area contributed by atoms with Crippen LogP contribution in [0.25, 0.3) is 0 Å². The zero-order valence-electron chi connectivity index (χ0n) is 15.3. The lowest BCUT2D eigenvalue weighted by molar-refractivity contribution is -0.141. The van der Waals surface area contributed by atoms with Crippen LogP contribution < -0.4 is 9.47 Å². The van der Waals surface area contributed by atoms with Gasteiger partial charge in [0.25, 0.3) is 0 Å². The van der Waals surface area contributed by atoms with Crippen LogP contribution in [0.4, 0.5) is 0 Å². The van der Waals surface area contributed by atoms with Gasteiger partial charge in [-0.05, 0) is 62.4 Å². The maximum atomic E-state index is 13.3. The normalized spacial score (nSPS) is 38.3. The molecule has 1 aromatic rings. The number of carbonyl (C=O) groups is 1. The van der Waals surface area contributed by atoms with E-state index < -0.39 is 0 Å². The lowest BCUT2D eigenvalue weighted by atomic mass is 9.75. The van der Waals surface area contributed by atoms with Gasteiger partial charge in [-0.15, -0.1) is 0 Å². The molecule has 0 unspecified atom stereocenters. The number of hydrogen-bond donors (Lipinski definition) is 0. The Hall–Kier alpha value is -1.75. The molecule has 5 aliphatic heterocycles. The summed E-state index contributed by atoms with van der Waals surface area (Å²) in [5.41, 5.74) is 1.22. The van der Waals surface area contributed by atoms with E-state index in [9.17, 15) is 4.79 Å². The molecular weight excluding hydrogens is 328 g/mol. The van der Waals surface area contributed by atoms with Gasteiger partial charge >= 0.3 is 0 Å². The molecule has 5 fully saturated rings. The molecular formula is C21H26N2O3. The minimum Gasteiger partial charge on any atom is -0.454 e. The fourth-order valence-corrected chi connectivity index (χ4v) is 5.84. The Morgan fingerprint density at radius 3 is 2.65 bits per heavy atom. The minimum absolute atomic E-state index is 0.0830. The first-order valence-corrected chi connectivity index (χ1v) is 10.1. The number of benzene rings is 1. The summed E-state index contributed by atoms with van der Waals surface area (Å²) in [5.74, 6) is 3.16. The van der Waals surface area contributed by atoms with E-state index in [1.165, 1.54) is 31.5 Å². The Bertz CT molecular complexity index is 767. The van der Waals surface area contributed by atoms with Crippen molar-refractivity contribution in [3.05, 3.63) is 23.8 Å². The molecule has 1 saturated carbocycles. The number of nitrogens with zero attached hydrogens (tertiary/aromatic N) is 2. The van der Waals surface area contributed by atoms with Crippen molar-refractivity contribution in [2.24, 2.45) is 11.3 Å². The summed E-state index contributed by atoms with van der Waals surface area (Å²) in [6.45, 7) is 5.70. The van der Waals surface area contributed by atoms with E-state index >= 15 is 0 Å². The zero-order valence-corrected chi connectivity index (χ0v) is 15.3. The molecule has 0 aromatic heterocycles. The standard InChI is InChI=1S/C21H26N2O3/c1-21(6-7-21)20(24)23-11-15(14-2-3-16-17(10-14)26-12-25-16)19-18(23)13-4-8-22(19)9-5-13/h2-3,10,13,15,18-19H,4-9,11-12H2,1H3/t15-,18+,19+/m1/s1. The van der Waals surface area contributed by atoms with Crippen molar-refractivity contribution < 1.29 is 14.3 Å². The second-order valence-corrected chi connectivity index (χ2v) is 9.09. The van der Waals surface area contributed by atoms with Gasteiger partial charge in [0.15, 0.2) is 11.5 Å². The third kappa shape index (κ3) is 2.04. The summed E-state index contributed by atoms with van der Waals surface area (Å²) in [6.07, 6.45) is 4.61. The van der Waals surface area contributed by atoms with Gasteiger partial charge in [0.1, 0.15) is 0 Å². The molecule has 5 nitrogen and oxygen atoms in total. The van der Waals surface area contributed by atoms with E-state index in [4.69, 9.17) is 9.47 Å². The summed E-state index contributed by atoms with van der Waals surface area (Å²) in [4.78, 5) is 18.2. The van der Waals surface area contributed by atoms with Crippen LogP contribution in [0.5, 0.6) is 11.5 Å². The molecule has 3 atom stereocenters. The van der Waals surface area contributed by atoms with Crippen LogP contribution in [0.3, 0.4) is 0 Å². The Morgan fingerprint density at radius 2 is 1.88 bits per heavy atom. The lowest BCUT2D eigenvalue weighted by Crippen LogP contribution is -2.61. The van der Waals surface area contributed by atoms with Gasteiger partial charge in [-0.25, -0.2) is 0 Å². The van der Waals surface area contributed by atoms with Gasteiger partial charge in [-0.2, -0.15) is 0 Å². The Morgan fingerprint density at radius 1 is 1.12 bits per heavy atom. The smallest absolute Gasteiger partial charge is 0.231 e. The van der Waals surface area contributed by atoms with Gasteiger partial charge in [0, 0.05) is 23.9 Å². The van der Waals surface area contributed by atoms with E-state index in [1.54, 1.807) is 0 Å². The predicted octanol–water partition coefficient (Wildman–Crippen LogP) is 2.60. The highest BCUT2D eigenvalue weighted by atomic mass is 16.7. The number of carbonyl (C=O) groups excluding carboxylic acids is 1. The number of rotatable bonds is 2. The van der Waals surface area contributed by atoms with Crippen LogP contribution in [0.2, 0.25) is 0 Å². The third-order valence-electron chi connectivity index (χ3n) is 7.60. The molecule has 4 saturated heterocycles. The molecule has 5 heterocycles. The SMILES string of the molecule is CC1(C(=O)N2C[C@H](c3ccc4c(c3)OCO4)[C@H]3[C@@H]2C2CCN3CC2)CC1. The molecule has 5 heteroatoms. The molecule has 1 aliphatic carbocycles. The van der Waals surface area contributed by atoms with Crippen molar-refractivity contribution >= 4 is 5.91 Å². The second-order valence-electron chi connectivity index (χ2n) is 9.09. The largest absolute Gasteiger partial charge is 0.454 e. The number of piperidine rings is 3. The van der Waals surface area contributed by atoms with Gasteiger partial charge < -0.3 is 14.4 Å². The molecule has 138 valence electrons. The number of amides is 1. The molecule has 6 aliphatic rings. The van der Waals surface area contributed by atoms with E-state index in [2.05, 4.69) is 28.9 Å². The molecule has 0 radical (unpaired) electrons. The first-order chi connectivity index (χ1) is 12.6. The van der Waals surface area contributed by atoms with Crippen LogP contribution in [0.15, 0.2) is 18.2 Å². The maximum Gasteiger partial charge on any atom is 0.231 e. The van der Waals surface area contributed by atoms with Crippen LogP contribution in [-0.2, 0) is 4.79 Å². The van der Waals surface area contributed by atoms with Crippen molar-refractivity contribution in [3.63, 3.8) is 0 Å². The molecule has 0 N–H and O–H groups in total. The van der Waals surface area contributed by atoms with Crippen LogP contribution in [0, 0.1) is 11.3 Å². The third-order valence-corrected chi connectivity index (χ3v) is 7.60. The van der Waals surface area contributed by atoms with E-state index in [1.807, 2.05) is 6.07 Å². The quantitative estimate of drug-likeness (QED) is 0.819. The highest BCUT2D eigenvalue weighted by molar-refractivity contribution is 5.85. The van der Waals surface area contributed by atoms with Gasteiger partial charge in [0.05, 0.1) is 6.04 Å². The lowest BCUT2D eigenvalue weighted by Gasteiger charge is -2.51. The van der Waals surface area contributed by atoms with Gasteiger partial charge in [0.2, 0.25) is 12.7 Å².